The number of rotatable bonds is 5. The van der Waals surface area contributed by atoms with Gasteiger partial charge in [0.25, 0.3) is 0 Å². The van der Waals surface area contributed by atoms with Gasteiger partial charge in [-0.05, 0) is 71.3 Å². The van der Waals surface area contributed by atoms with Crippen LogP contribution >= 0.6 is 27.5 Å². The molecule has 192 valence electrons. The third-order valence-corrected chi connectivity index (χ3v) is 8.33. The molecule has 0 fully saturated rings. The van der Waals surface area contributed by atoms with Gasteiger partial charge in [-0.1, -0.05) is 100 Å². The molecule has 4 nitrogen and oxygen atoms in total. The summed E-state index contributed by atoms with van der Waals surface area (Å²) in [4.78, 5) is 15.6. The molecule has 6 heteroatoms. The highest BCUT2D eigenvalue weighted by Crippen LogP contribution is 2.53. The van der Waals surface area contributed by atoms with Crippen LogP contribution in [0.3, 0.4) is 0 Å². The van der Waals surface area contributed by atoms with Crippen molar-refractivity contribution in [2.24, 2.45) is 0 Å². The van der Waals surface area contributed by atoms with Crippen LogP contribution in [0.5, 0.6) is 0 Å². The van der Waals surface area contributed by atoms with E-state index in [2.05, 4.69) is 86.8 Å². The topological polar surface area (TPSA) is 41.6 Å². The van der Waals surface area contributed by atoms with E-state index in [0.29, 0.717) is 11.4 Å². The number of hydrogen-bond donors (Lipinski definition) is 1. The third-order valence-electron chi connectivity index (χ3n) is 7.58. The van der Waals surface area contributed by atoms with Crippen molar-refractivity contribution in [1.29, 1.82) is 0 Å². The molecule has 0 unspecified atom stereocenters. The highest BCUT2D eigenvalue weighted by atomic mass is 79.9. The molecule has 0 saturated heterocycles. The van der Waals surface area contributed by atoms with Gasteiger partial charge in [0.05, 0.1) is 18.1 Å². The molecular formula is C32H28BrClN2O2. The molecule has 2 aliphatic rings. The fourth-order valence-corrected chi connectivity index (χ4v) is 6.42. The normalized spacial score (nSPS) is 19.9. The van der Waals surface area contributed by atoms with Gasteiger partial charge in [-0.25, -0.2) is 4.79 Å². The summed E-state index contributed by atoms with van der Waals surface area (Å²) in [5.74, 6) is 0. The fraction of sp³-hybridized carbons (Fsp3) is 0.219. The van der Waals surface area contributed by atoms with E-state index in [-0.39, 0.29) is 24.7 Å². The zero-order valence-electron chi connectivity index (χ0n) is 20.8. The number of halogens is 2. The maximum Gasteiger partial charge on any atom is 0.407 e. The molecule has 4 aromatic carbocycles. The highest BCUT2D eigenvalue weighted by molar-refractivity contribution is 9.10. The lowest BCUT2D eigenvalue weighted by Crippen LogP contribution is -2.44. The molecule has 38 heavy (non-hydrogen) atoms. The first-order valence-electron chi connectivity index (χ1n) is 12.9. The minimum absolute atomic E-state index is 0.0699. The Bertz CT molecular complexity index is 1430. The van der Waals surface area contributed by atoms with Crippen molar-refractivity contribution in [2.75, 3.05) is 4.90 Å². The summed E-state index contributed by atoms with van der Waals surface area (Å²) in [7, 11) is 0. The molecule has 1 N–H and O–H groups in total. The van der Waals surface area contributed by atoms with Crippen molar-refractivity contribution in [1.82, 2.24) is 5.32 Å². The standard InChI is InChI=1S/C32H28BrClN2O2/c33-25-14-11-23(12-15-25)30-19-28(35-32(37)38-20-21-7-3-1-4-8-21)27-18-26(34)17-24-13-16-29(36(30)31(24)27)22-9-5-2-6-10-22/h1-12,14-15,17-18,28-30H,13,16,19-20H2,(H,35,37)/t28-,29+,30-/m0/s1. The smallest absolute Gasteiger partial charge is 0.407 e. The van der Waals surface area contributed by atoms with Crippen LogP contribution in [-0.2, 0) is 17.8 Å². The van der Waals surface area contributed by atoms with E-state index in [1.54, 1.807) is 0 Å². The second-order valence-corrected chi connectivity index (χ2v) is 11.3. The lowest BCUT2D eigenvalue weighted by atomic mass is 9.79. The maximum atomic E-state index is 13.0. The van der Waals surface area contributed by atoms with Gasteiger partial charge >= 0.3 is 6.09 Å². The summed E-state index contributed by atoms with van der Waals surface area (Å²) in [6.07, 6.45) is 2.21. The van der Waals surface area contributed by atoms with Gasteiger partial charge in [0.15, 0.2) is 0 Å². The number of anilines is 1. The van der Waals surface area contributed by atoms with Gasteiger partial charge in [0.1, 0.15) is 6.61 Å². The maximum absolute atomic E-state index is 13.0. The number of benzene rings is 4. The van der Waals surface area contributed by atoms with E-state index < -0.39 is 6.09 Å². The van der Waals surface area contributed by atoms with Crippen molar-refractivity contribution >= 4 is 39.3 Å². The number of aryl methyl sites for hydroxylation is 1. The number of nitrogens with one attached hydrogen (secondary N) is 1. The predicted molar refractivity (Wildman–Crippen MR) is 155 cm³/mol. The summed E-state index contributed by atoms with van der Waals surface area (Å²) >= 11 is 10.2. The third kappa shape index (κ3) is 5.05. The van der Waals surface area contributed by atoms with Crippen LogP contribution in [0.2, 0.25) is 5.02 Å². The van der Waals surface area contributed by atoms with Gasteiger partial charge in [-0.3, -0.25) is 0 Å². The number of ether oxygens (including phenoxy) is 1. The van der Waals surface area contributed by atoms with E-state index in [9.17, 15) is 4.79 Å². The van der Waals surface area contributed by atoms with Crippen molar-refractivity contribution in [2.45, 2.75) is 44.0 Å². The zero-order valence-corrected chi connectivity index (χ0v) is 23.2. The molecule has 0 spiro atoms. The summed E-state index contributed by atoms with van der Waals surface area (Å²) in [5.41, 5.74) is 6.93. The first-order valence-corrected chi connectivity index (χ1v) is 14.1. The Morgan fingerprint density at radius 2 is 1.61 bits per heavy atom. The van der Waals surface area contributed by atoms with E-state index >= 15 is 0 Å². The average molecular weight is 588 g/mol. The quantitative estimate of drug-likeness (QED) is 0.254. The van der Waals surface area contributed by atoms with Crippen molar-refractivity contribution < 1.29 is 9.53 Å². The molecule has 0 aliphatic carbocycles. The molecule has 3 atom stereocenters. The second-order valence-electron chi connectivity index (χ2n) is 9.94. The van der Waals surface area contributed by atoms with E-state index in [1.807, 2.05) is 36.4 Å². The number of nitrogens with zero attached hydrogens (tertiary/aromatic N) is 1. The minimum Gasteiger partial charge on any atom is -0.445 e. The highest BCUT2D eigenvalue weighted by Gasteiger charge is 2.42. The number of carbonyl (C=O) groups is 1. The summed E-state index contributed by atoms with van der Waals surface area (Å²) < 4.78 is 6.66. The van der Waals surface area contributed by atoms with Gasteiger partial charge < -0.3 is 15.0 Å². The number of amides is 1. The van der Waals surface area contributed by atoms with Gasteiger partial charge in [-0.15, -0.1) is 0 Å². The van der Waals surface area contributed by atoms with E-state index in [4.69, 9.17) is 16.3 Å². The summed E-state index contributed by atoms with van der Waals surface area (Å²) in [6.45, 7) is 0.228. The van der Waals surface area contributed by atoms with Gasteiger partial charge in [0, 0.05) is 15.2 Å². The lowest BCUT2D eigenvalue weighted by molar-refractivity contribution is 0.134. The van der Waals surface area contributed by atoms with Crippen LogP contribution in [-0.4, -0.2) is 6.09 Å². The molecule has 2 aliphatic heterocycles. The Morgan fingerprint density at radius 1 is 0.921 bits per heavy atom. The molecule has 2 heterocycles. The molecular weight excluding hydrogens is 560 g/mol. The Morgan fingerprint density at radius 3 is 2.34 bits per heavy atom. The van der Waals surface area contributed by atoms with Crippen LogP contribution in [0.25, 0.3) is 0 Å². The van der Waals surface area contributed by atoms with Crippen LogP contribution in [0, 0.1) is 0 Å². The molecule has 0 saturated carbocycles. The second kappa shape index (κ2) is 10.8. The molecule has 1 amide bonds. The van der Waals surface area contributed by atoms with Crippen LogP contribution in [0.15, 0.2) is 102 Å². The first-order chi connectivity index (χ1) is 18.6. The molecule has 6 rings (SSSR count). The Kier molecular flexibility index (Phi) is 7.14. The average Bonchev–Trinajstić information content (AvgIpc) is 2.94. The van der Waals surface area contributed by atoms with Gasteiger partial charge in [0.2, 0.25) is 0 Å². The molecule has 0 bridgehead atoms. The zero-order chi connectivity index (χ0) is 26.1. The Labute approximate surface area is 236 Å². The number of alkyl carbamates (subject to hydrolysis) is 1. The SMILES string of the molecule is O=C(N[C@H]1C[C@@H](c2ccc(Br)cc2)N2c3c(cc(Cl)cc31)CC[C@@H]2c1ccccc1)OCc1ccccc1. The minimum atomic E-state index is -0.425. The largest absolute Gasteiger partial charge is 0.445 e. The van der Waals surface area contributed by atoms with Gasteiger partial charge in [-0.2, -0.15) is 0 Å². The summed E-state index contributed by atoms with van der Waals surface area (Å²) in [5, 5.41) is 3.88. The monoisotopic (exact) mass is 586 g/mol. The molecule has 0 aromatic heterocycles. The van der Waals surface area contributed by atoms with Crippen LogP contribution in [0.1, 0.15) is 58.8 Å². The summed E-state index contributed by atoms with van der Waals surface area (Å²) in [6, 6.07) is 33.2. The van der Waals surface area contributed by atoms with Crippen molar-refractivity contribution in [3.63, 3.8) is 0 Å². The predicted octanol–water partition coefficient (Wildman–Crippen LogP) is 8.71. The van der Waals surface area contributed by atoms with Crippen LogP contribution < -0.4 is 10.2 Å². The Hall–Kier alpha value is -3.28. The van der Waals surface area contributed by atoms with Crippen molar-refractivity contribution in [3.05, 3.63) is 134 Å². The lowest BCUT2D eigenvalue weighted by Gasteiger charge is -2.50. The van der Waals surface area contributed by atoms with E-state index in [1.165, 1.54) is 22.4 Å². The molecule has 4 aromatic rings. The first kappa shape index (κ1) is 25.0. The van der Waals surface area contributed by atoms with Crippen molar-refractivity contribution in [3.8, 4) is 0 Å². The number of carbonyl (C=O) groups excluding carboxylic acids is 1. The fourth-order valence-electron chi connectivity index (χ4n) is 5.90. The van der Waals surface area contributed by atoms with Crippen LogP contribution in [0.4, 0.5) is 10.5 Å². The Balaban J connectivity index is 1.39. The molecule has 0 radical (unpaired) electrons. The van der Waals surface area contributed by atoms with E-state index in [0.717, 1.165) is 28.4 Å². The number of hydrogen-bond acceptors (Lipinski definition) is 3.